The summed E-state index contributed by atoms with van der Waals surface area (Å²) in [6.07, 6.45) is 11.6. The zero-order chi connectivity index (χ0) is 23.6. The first-order chi connectivity index (χ1) is 16.1. The normalized spacial score (nSPS) is 13.7. The lowest BCUT2D eigenvalue weighted by Crippen LogP contribution is -2.32. The second-order valence-corrected chi connectivity index (χ2v) is 8.07. The highest BCUT2D eigenvalue weighted by molar-refractivity contribution is 5.98. The Hall–Kier alpha value is -3.04. The lowest BCUT2D eigenvalue weighted by Gasteiger charge is -2.14. The maximum atomic E-state index is 5.93. The Morgan fingerprint density at radius 2 is 1.73 bits per heavy atom. The van der Waals surface area contributed by atoms with E-state index in [1.807, 2.05) is 12.1 Å². The molecule has 0 aromatic carbocycles. The molecule has 8 N–H and O–H groups in total. The van der Waals surface area contributed by atoms with E-state index in [1.54, 1.807) is 6.20 Å². The third-order valence-corrected chi connectivity index (χ3v) is 5.18. The van der Waals surface area contributed by atoms with Gasteiger partial charge in [0.05, 0.1) is 6.61 Å². The molecule has 1 aliphatic heterocycles. The number of amidine groups is 1. The van der Waals surface area contributed by atoms with Gasteiger partial charge in [-0.1, -0.05) is 25.7 Å². The molecule has 0 aliphatic carbocycles. The van der Waals surface area contributed by atoms with Crippen LogP contribution in [-0.4, -0.2) is 62.1 Å². The van der Waals surface area contributed by atoms with Crippen LogP contribution in [0.25, 0.3) is 0 Å². The lowest BCUT2D eigenvalue weighted by atomic mass is 10.1. The zero-order valence-corrected chi connectivity index (χ0v) is 19.8. The fraction of sp³-hybridized carbons (Fsp3) is 0.652. The van der Waals surface area contributed by atoms with Crippen LogP contribution in [0.2, 0.25) is 0 Å². The van der Waals surface area contributed by atoms with Gasteiger partial charge in [0.15, 0.2) is 11.9 Å². The van der Waals surface area contributed by atoms with E-state index in [9.17, 15) is 0 Å². The van der Waals surface area contributed by atoms with Crippen LogP contribution in [0.3, 0.4) is 0 Å². The molecular formula is C23H41N9O. The summed E-state index contributed by atoms with van der Waals surface area (Å²) in [5.74, 6) is 2.25. The molecule has 10 nitrogen and oxygen atoms in total. The van der Waals surface area contributed by atoms with Gasteiger partial charge in [0.1, 0.15) is 5.84 Å². The number of pyridine rings is 1. The lowest BCUT2D eigenvalue weighted by molar-refractivity contribution is 0.295. The molecule has 0 fully saturated rings. The largest absolute Gasteiger partial charge is 0.478 e. The van der Waals surface area contributed by atoms with Crippen LogP contribution in [0, 0.1) is 0 Å². The highest BCUT2D eigenvalue weighted by atomic mass is 16.5. The number of aromatic nitrogens is 1. The third kappa shape index (κ3) is 12.5. The van der Waals surface area contributed by atoms with Crippen molar-refractivity contribution in [2.75, 3.05) is 39.3 Å². The molecule has 1 aromatic heterocycles. The number of guanidine groups is 2. The van der Waals surface area contributed by atoms with E-state index < -0.39 is 0 Å². The number of ether oxygens (including phenoxy) is 1. The Kier molecular flexibility index (Phi) is 13.2. The predicted molar refractivity (Wildman–Crippen MR) is 136 cm³/mol. The molecule has 0 bridgehead atoms. The van der Waals surface area contributed by atoms with Crippen molar-refractivity contribution in [3.05, 3.63) is 23.9 Å². The van der Waals surface area contributed by atoms with Gasteiger partial charge in [-0.2, -0.15) is 0 Å². The maximum absolute atomic E-state index is 5.93. The smallest absolute Gasteiger partial charge is 0.213 e. The van der Waals surface area contributed by atoms with Crippen LogP contribution in [0.4, 0.5) is 0 Å². The van der Waals surface area contributed by atoms with Crippen LogP contribution in [0.15, 0.2) is 33.3 Å². The summed E-state index contributed by atoms with van der Waals surface area (Å²) >= 11 is 0. The van der Waals surface area contributed by atoms with Crippen LogP contribution in [-0.2, 0) is 0 Å². The van der Waals surface area contributed by atoms with Gasteiger partial charge in [-0.25, -0.2) is 4.98 Å². The van der Waals surface area contributed by atoms with Gasteiger partial charge in [0.2, 0.25) is 5.88 Å². The molecule has 0 spiro atoms. The molecule has 2 heterocycles. The SMILES string of the molecule is NC(N)=NCCCCCCCCN=C(N)NCCCCOc1ccc(C2=NCCCN2)cn1. The molecule has 0 radical (unpaired) electrons. The highest BCUT2D eigenvalue weighted by Crippen LogP contribution is 2.10. The van der Waals surface area contributed by atoms with Gasteiger partial charge >= 0.3 is 0 Å². The summed E-state index contributed by atoms with van der Waals surface area (Å²) in [4.78, 5) is 17.2. The average molecular weight is 460 g/mol. The molecule has 0 atom stereocenters. The molecule has 0 saturated carbocycles. The van der Waals surface area contributed by atoms with Crippen molar-refractivity contribution in [2.45, 2.75) is 57.8 Å². The minimum absolute atomic E-state index is 0.175. The quantitative estimate of drug-likeness (QED) is 0.142. The van der Waals surface area contributed by atoms with Crippen LogP contribution in [0.5, 0.6) is 5.88 Å². The van der Waals surface area contributed by atoms with Crippen molar-refractivity contribution in [1.82, 2.24) is 15.6 Å². The second kappa shape index (κ2) is 16.6. The summed E-state index contributed by atoms with van der Waals surface area (Å²) in [6, 6.07) is 3.89. The summed E-state index contributed by atoms with van der Waals surface area (Å²) in [5.41, 5.74) is 17.5. The van der Waals surface area contributed by atoms with Crippen molar-refractivity contribution < 1.29 is 4.74 Å². The minimum Gasteiger partial charge on any atom is -0.478 e. The first-order valence-corrected chi connectivity index (χ1v) is 12.1. The number of hydrogen-bond acceptors (Lipinski definition) is 6. The van der Waals surface area contributed by atoms with E-state index >= 15 is 0 Å². The van der Waals surface area contributed by atoms with Crippen molar-refractivity contribution in [2.24, 2.45) is 32.2 Å². The number of unbranched alkanes of at least 4 members (excludes halogenated alkanes) is 6. The standard InChI is InChI=1S/C23H41N9O/c24-22(25)29-12-5-3-1-2-4-6-13-30-23(26)31-14-7-8-17-33-20-11-10-19(18-32-20)21-27-15-9-16-28-21/h10-11,18H,1-9,12-17H2,(H,27,28)(H4,24,25,29)(H3,26,30,31). The van der Waals surface area contributed by atoms with Crippen molar-refractivity contribution >= 4 is 17.8 Å². The van der Waals surface area contributed by atoms with Crippen LogP contribution >= 0.6 is 0 Å². The van der Waals surface area contributed by atoms with E-state index in [1.165, 1.54) is 12.8 Å². The molecule has 0 amide bonds. The first-order valence-electron chi connectivity index (χ1n) is 12.1. The molecule has 0 saturated heterocycles. The van der Waals surface area contributed by atoms with Crippen LogP contribution in [0.1, 0.15) is 63.4 Å². The Bertz CT molecular complexity index is 743. The van der Waals surface area contributed by atoms with Gasteiger partial charge in [-0.15, -0.1) is 0 Å². The Morgan fingerprint density at radius 3 is 2.39 bits per heavy atom. The second-order valence-electron chi connectivity index (χ2n) is 8.07. The van der Waals surface area contributed by atoms with E-state index in [-0.39, 0.29) is 5.96 Å². The fourth-order valence-corrected chi connectivity index (χ4v) is 3.35. The van der Waals surface area contributed by atoms with Gasteiger partial charge in [-0.05, 0) is 38.2 Å². The molecule has 2 rings (SSSR count). The molecule has 33 heavy (non-hydrogen) atoms. The number of aliphatic imine (C=N–C) groups is 3. The van der Waals surface area contributed by atoms with Gasteiger partial charge in [0.25, 0.3) is 0 Å². The molecule has 10 heteroatoms. The van der Waals surface area contributed by atoms with Crippen molar-refractivity contribution in [1.29, 1.82) is 0 Å². The number of rotatable bonds is 16. The molecular weight excluding hydrogens is 418 g/mol. The van der Waals surface area contributed by atoms with Crippen molar-refractivity contribution in [3.8, 4) is 5.88 Å². The number of nitrogens with one attached hydrogen (secondary N) is 2. The van der Waals surface area contributed by atoms with E-state index in [2.05, 4.69) is 30.6 Å². The molecule has 1 aliphatic rings. The topological polar surface area (TPSA) is 161 Å². The summed E-state index contributed by atoms with van der Waals surface area (Å²) in [7, 11) is 0. The number of hydrogen-bond donors (Lipinski definition) is 5. The summed E-state index contributed by atoms with van der Waals surface area (Å²) < 4.78 is 5.72. The van der Waals surface area contributed by atoms with Gasteiger partial charge < -0.3 is 32.6 Å². The Labute approximate surface area is 197 Å². The predicted octanol–water partition coefficient (Wildman–Crippen LogP) is 1.50. The van der Waals surface area contributed by atoms with Crippen molar-refractivity contribution in [3.63, 3.8) is 0 Å². The monoisotopic (exact) mass is 459 g/mol. The molecule has 184 valence electrons. The average Bonchev–Trinajstić information content (AvgIpc) is 2.83. The Morgan fingerprint density at radius 1 is 0.970 bits per heavy atom. The van der Waals surface area contributed by atoms with Crippen LogP contribution < -0.4 is 32.6 Å². The minimum atomic E-state index is 0.175. The molecule has 1 aromatic rings. The van der Waals surface area contributed by atoms with E-state index in [0.717, 1.165) is 89.1 Å². The maximum Gasteiger partial charge on any atom is 0.213 e. The van der Waals surface area contributed by atoms with E-state index in [0.29, 0.717) is 18.4 Å². The highest BCUT2D eigenvalue weighted by Gasteiger charge is 2.07. The fourth-order valence-electron chi connectivity index (χ4n) is 3.35. The number of nitrogens with two attached hydrogens (primary N) is 3. The Balaban J connectivity index is 1.42. The third-order valence-electron chi connectivity index (χ3n) is 5.18. The zero-order valence-electron chi connectivity index (χ0n) is 19.8. The summed E-state index contributed by atoms with van der Waals surface area (Å²) in [5, 5.41) is 6.46. The summed E-state index contributed by atoms with van der Waals surface area (Å²) in [6.45, 7) is 4.72. The van der Waals surface area contributed by atoms with Gasteiger partial charge in [-0.3, -0.25) is 15.0 Å². The number of nitrogens with zero attached hydrogens (tertiary/aromatic N) is 4. The first kappa shape index (κ1) is 26.2. The van der Waals surface area contributed by atoms with Gasteiger partial charge in [0, 0.05) is 50.6 Å². The van der Waals surface area contributed by atoms with E-state index in [4.69, 9.17) is 21.9 Å². The molecule has 0 unspecified atom stereocenters.